The molecule has 0 spiro atoms. The number of nitrogens with one attached hydrogen (secondary N) is 1. The van der Waals surface area contributed by atoms with Crippen LogP contribution in [0.1, 0.15) is 6.42 Å². The predicted molar refractivity (Wildman–Crippen MR) is 69.1 cm³/mol. The van der Waals surface area contributed by atoms with Crippen molar-refractivity contribution in [2.45, 2.75) is 6.42 Å². The first kappa shape index (κ1) is 13.1. The topological polar surface area (TPSA) is 52.6 Å². The minimum atomic E-state index is -0.999. The van der Waals surface area contributed by atoms with Gasteiger partial charge in [-0.05, 0) is 18.6 Å². The number of nitrogens with zero attached hydrogens (tertiary/aromatic N) is 1. The van der Waals surface area contributed by atoms with E-state index in [-0.39, 0.29) is 5.70 Å². The maximum atomic E-state index is 10.5. The van der Waals surface area contributed by atoms with Gasteiger partial charge in [0.25, 0.3) is 0 Å². The molecule has 0 radical (unpaired) electrons. The van der Waals surface area contributed by atoms with Crippen LogP contribution in [0.25, 0.3) is 0 Å². The van der Waals surface area contributed by atoms with Crippen molar-refractivity contribution in [2.24, 2.45) is 0 Å². The lowest BCUT2D eigenvalue weighted by molar-refractivity contribution is -0.133. The van der Waals surface area contributed by atoms with Gasteiger partial charge in [0.05, 0.1) is 0 Å². The summed E-state index contributed by atoms with van der Waals surface area (Å²) < 4.78 is 0. The Bertz CT molecular complexity index is 376. The highest BCUT2D eigenvalue weighted by molar-refractivity contribution is 5.84. The zero-order chi connectivity index (χ0) is 12.7. The number of carboxylic acids is 1. The second-order valence-electron chi connectivity index (χ2n) is 3.82. The number of carbonyl (C=O) groups is 1. The van der Waals surface area contributed by atoms with Gasteiger partial charge in [-0.25, -0.2) is 4.79 Å². The van der Waals surface area contributed by atoms with Gasteiger partial charge in [0.1, 0.15) is 5.70 Å². The first-order valence-corrected chi connectivity index (χ1v) is 5.53. The zero-order valence-electron chi connectivity index (χ0n) is 10.0. The molecule has 2 N–H and O–H groups in total. The first-order valence-electron chi connectivity index (χ1n) is 5.53. The molecule has 17 heavy (non-hydrogen) atoms. The quantitative estimate of drug-likeness (QED) is 0.557. The lowest BCUT2D eigenvalue weighted by atomic mass is 10.3. The zero-order valence-corrected chi connectivity index (χ0v) is 10.0. The average molecular weight is 234 g/mol. The number of hydrogen-bond acceptors (Lipinski definition) is 3. The van der Waals surface area contributed by atoms with Crippen LogP contribution in [0.15, 0.2) is 42.6 Å². The van der Waals surface area contributed by atoms with Crippen molar-refractivity contribution in [2.75, 3.05) is 25.0 Å². The molecule has 0 bridgehead atoms. The lowest BCUT2D eigenvalue weighted by Crippen LogP contribution is -2.25. The standard InChI is InChI=1S/C13H18N2O2/c1-11(13(16)17)14-9-6-10-15(2)12-7-4-3-5-8-12/h3-5,7-8,14H,1,6,9-10H2,2H3,(H,16,17). The van der Waals surface area contributed by atoms with Crippen molar-refractivity contribution in [1.29, 1.82) is 0 Å². The number of para-hydroxylation sites is 1. The molecule has 1 aromatic rings. The molecule has 0 aliphatic carbocycles. The molecule has 1 rings (SSSR count). The van der Waals surface area contributed by atoms with E-state index in [4.69, 9.17) is 5.11 Å². The van der Waals surface area contributed by atoms with Gasteiger partial charge in [-0.15, -0.1) is 0 Å². The fourth-order valence-electron chi connectivity index (χ4n) is 1.44. The monoisotopic (exact) mass is 234 g/mol. The Labute approximate surface area is 102 Å². The first-order chi connectivity index (χ1) is 8.11. The van der Waals surface area contributed by atoms with Crippen LogP contribution in [0, 0.1) is 0 Å². The highest BCUT2D eigenvalue weighted by Crippen LogP contribution is 2.10. The number of rotatable bonds is 7. The normalized spacial score (nSPS) is 9.71. The van der Waals surface area contributed by atoms with Gasteiger partial charge in [-0.2, -0.15) is 0 Å². The Morgan fingerprint density at radius 2 is 2.06 bits per heavy atom. The third-order valence-corrected chi connectivity index (χ3v) is 2.46. The molecule has 0 fully saturated rings. The van der Waals surface area contributed by atoms with Crippen LogP contribution >= 0.6 is 0 Å². The van der Waals surface area contributed by atoms with E-state index in [1.807, 2.05) is 37.4 Å². The van der Waals surface area contributed by atoms with Crippen LogP contribution < -0.4 is 10.2 Å². The Morgan fingerprint density at radius 3 is 2.65 bits per heavy atom. The molecule has 0 aliphatic rings. The molecule has 92 valence electrons. The van der Waals surface area contributed by atoms with E-state index in [2.05, 4.69) is 16.8 Å². The van der Waals surface area contributed by atoms with Gasteiger partial charge in [0, 0.05) is 25.8 Å². The van der Waals surface area contributed by atoms with Crippen molar-refractivity contribution < 1.29 is 9.90 Å². The van der Waals surface area contributed by atoms with E-state index < -0.39 is 5.97 Å². The SMILES string of the molecule is C=C(NCCCN(C)c1ccccc1)C(=O)O. The van der Waals surface area contributed by atoms with Gasteiger partial charge in [0.15, 0.2) is 0 Å². The number of hydrogen-bond donors (Lipinski definition) is 2. The van der Waals surface area contributed by atoms with Crippen LogP contribution in [0.5, 0.6) is 0 Å². The summed E-state index contributed by atoms with van der Waals surface area (Å²) in [6.07, 6.45) is 0.859. The summed E-state index contributed by atoms with van der Waals surface area (Å²) in [5.74, 6) is -0.999. The molecule has 0 heterocycles. The maximum absolute atomic E-state index is 10.5. The Kier molecular flexibility index (Phi) is 5.07. The molecule has 0 unspecified atom stereocenters. The molecule has 0 saturated heterocycles. The average Bonchev–Trinajstić information content (AvgIpc) is 2.35. The van der Waals surface area contributed by atoms with E-state index in [1.54, 1.807) is 0 Å². The van der Waals surface area contributed by atoms with Crippen LogP contribution in [0.4, 0.5) is 5.69 Å². The molecule has 0 aromatic heterocycles. The van der Waals surface area contributed by atoms with Crippen molar-refractivity contribution >= 4 is 11.7 Å². The van der Waals surface area contributed by atoms with Crippen LogP contribution in [-0.4, -0.2) is 31.2 Å². The maximum Gasteiger partial charge on any atom is 0.351 e. The van der Waals surface area contributed by atoms with Crippen LogP contribution in [-0.2, 0) is 4.79 Å². The van der Waals surface area contributed by atoms with Crippen molar-refractivity contribution in [1.82, 2.24) is 5.32 Å². The van der Waals surface area contributed by atoms with Gasteiger partial charge in [-0.1, -0.05) is 24.8 Å². The summed E-state index contributed by atoms with van der Waals surface area (Å²) in [7, 11) is 2.02. The Morgan fingerprint density at radius 1 is 1.41 bits per heavy atom. The predicted octanol–water partition coefficient (Wildman–Crippen LogP) is 1.70. The largest absolute Gasteiger partial charge is 0.477 e. The molecular formula is C13H18N2O2. The number of carboxylic acid groups (broad SMARTS) is 1. The number of aliphatic carboxylic acids is 1. The number of anilines is 1. The number of benzene rings is 1. The summed E-state index contributed by atoms with van der Waals surface area (Å²) >= 11 is 0. The third-order valence-electron chi connectivity index (χ3n) is 2.46. The molecule has 0 saturated carbocycles. The summed E-state index contributed by atoms with van der Waals surface area (Å²) in [6.45, 7) is 4.88. The molecule has 0 aliphatic heterocycles. The second kappa shape index (κ2) is 6.58. The Balaban J connectivity index is 2.23. The highest BCUT2D eigenvalue weighted by atomic mass is 16.4. The summed E-state index contributed by atoms with van der Waals surface area (Å²) in [6, 6.07) is 10.1. The summed E-state index contributed by atoms with van der Waals surface area (Å²) in [5, 5.41) is 11.4. The lowest BCUT2D eigenvalue weighted by Gasteiger charge is -2.19. The van der Waals surface area contributed by atoms with Crippen molar-refractivity contribution in [3.63, 3.8) is 0 Å². The Hall–Kier alpha value is -1.97. The molecular weight excluding hydrogens is 216 g/mol. The van der Waals surface area contributed by atoms with E-state index in [1.165, 1.54) is 0 Å². The van der Waals surface area contributed by atoms with Crippen molar-refractivity contribution in [3.05, 3.63) is 42.6 Å². The smallest absolute Gasteiger partial charge is 0.351 e. The van der Waals surface area contributed by atoms with E-state index in [0.29, 0.717) is 6.54 Å². The summed E-state index contributed by atoms with van der Waals surface area (Å²) in [4.78, 5) is 12.6. The molecule has 1 aromatic carbocycles. The summed E-state index contributed by atoms with van der Waals surface area (Å²) in [5.41, 5.74) is 1.21. The highest BCUT2D eigenvalue weighted by Gasteiger charge is 2.02. The molecule has 4 nitrogen and oxygen atoms in total. The van der Waals surface area contributed by atoms with E-state index >= 15 is 0 Å². The molecule has 4 heteroatoms. The minimum absolute atomic E-state index is 0.0485. The second-order valence-corrected chi connectivity index (χ2v) is 3.82. The fourth-order valence-corrected chi connectivity index (χ4v) is 1.44. The van der Waals surface area contributed by atoms with E-state index in [0.717, 1.165) is 18.7 Å². The van der Waals surface area contributed by atoms with Crippen molar-refractivity contribution in [3.8, 4) is 0 Å². The molecule has 0 atom stereocenters. The van der Waals surface area contributed by atoms with Gasteiger partial charge in [-0.3, -0.25) is 0 Å². The van der Waals surface area contributed by atoms with Gasteiger partial charge < -0.3 is 15.3 Å². The molecule has 0 amide bonds. The van der Waals surface area contributed by atoms with Gasteiger partial charge >= 0.3 is 5.97 Å². The van der Waals surface area contributed by atoms with Crippen LogP contribution in [0.2, 0.25) is 0 Å². The fraction of sp³-hybridized carbons (Fsp3) is 0.308. The van der Waals surface area contributed by atoms with Gasteiger partial charge in [0.2, 0.25) is 0 Å². The minimum Gasteiger partial charge on any atom is -0.477 e. The third kappa shape index (κ3) is 4.59. The van der Waals surface area contributed by atoms with E-state index in [9.17, 15) is 4.79 Å². The van der Waals surface area contributed by atoms with Crippen LogP contribution in [0.3, 0.4) is 0 Å².